The summed E-state index contributed by atoms with van der Waals surface area (Å²) in [6.45, 7) is 4.96. The molecule has 2 heterocycles. The van der Waals surface area contributed by atoms with E-state index in [1.807, 2.05) is 24.3 Å². The van der Waals surface area contributed by atoms with Crippen LogP contribution < -0.4 is 19.5 Å². The lowest BCUT2D eigenvalue weighted by Gasteiger charge is -2.32. The van der Waals surface area contributed by atoms with E-state index in [0.717, 1.165) is 38.0 Å². The molecule has 1 aliphatic rings. The van der Waals surface area contributed by atoms with Gasteiger partial charge in [-0.25, -0.2) is 0 Å². The number of H-pyrrole nitrogens is 1. The molecule has 232 valence electrons. The molecule has 9 heteroatoms. The lowest BCUT2D eigenvalue weighted by atomic mass is 9.89. The number of ether oxygens (including phenoxy) is 5. The Hall–Kier alpha value is -3.79. The number of para-hydroxylation sites is 1. The number of fused-ring (bicyclic) bond motifs is 1. The highest BCUT2D eigenvalue weighted by atomic mass is 16.7. The number of nitrogens with zero attached hydrogens (tertiary/aromatic N) is 1. The van der Waals surface area contributed by atoms with E-state index in [4.69, 9.17) is 23.7 Å². The molecule has 43 heavy (non-hydrogen) atoms. The van der Waals surface area contributed by atoms with Gasteiger partial charge in [-0.15, -0.1) is 0 Å². The van der Waals surface area contributed by atoms with Crippen LogP contribution in [-0.2, 0) is 14.3 Å². The zero-order chi connectivity index (χ0) is 30.3. The smallest absolute Gasteiger partial charge is 0.243 e. The molecule has 0 aliphatic carbocycles. The summed E-state index contributed by atoms with van der Waals surface area (Å²) in [5.41, 5.74) is 3.53. The quantitative estimate of drug-likeness (QED) is 0.0923. The van der Waals surface area contributed by atoms with Crippen molar-refractivity contribution in [3.05, 3.63) is 72.0 Å². The Morgan fingerprint density at radius 1 is 1.02 bits per heavy atom. The third-order valence-electron chi connectivity index (χ3n) is 7.70. The number of unbranched alkanes of at least 4 members (excludes halogenated alkanes) is 1. The summed E-state index contributed by atoms with van der Waals surface area (Å²) in [6, 6.07) is 12.2. The van der Waals surface area contributed by atoms with Crippen LogP contribution in [0.4, 0.5) is 0 Å². The summed E-state index contributed by atoms with van der Waals surface area (Å²) in [4.78, 5) is 18.2. The Morgan fingerprint density at radius 3 is 2.53 bits per heavy atom. The van der Waals surface area contributed by atoms with Crippen molar-refractivity contribution in [3.8, 4) is 17.2 Å². The van der Waals surface area contributed by atoms with Gasteiger partial charge >= 0.3 is 0 Å². The first kappa shape index (κ1) is 32.1. The number of hydrogen-bond acceptors (Lipinski definition) is 7. The number of methoxy groups -OCH3 is 3. The SMILES string of the molecule is COCCOCOc1c(OC)cc(/C=C/C=C/C(=O)NCCCCN2CCC(c3c[nH]c4ccccc34)CC2)cc1OC. The summed E-state index contributed by atoms with van der Waals surface area (Å²) in [5.74, 6) is 2.03. The molecule has 0 saturated carbocycles. The van der Waals surface area contributed by atoms with Crippen molar-refractivity contribution in [2.75, 3.05) is 67.5 Å². The standard InChI is InChI=1S/C34H45N3O6/c1-39-20-21-42-25-43-34-31(40-2)22-26(23-32(34)41-3)10-4-7-13-33(38)35-16-8-9-17-37-18-14-27(15-19-37)29-24-36-30-12-6-5-11-28(29)30/h4-7,10-13,22-24,27,36H,8-9,14-21,25H2,1-3H3,(H,35,38)/b10-4+,13-7+. The van der Waals surface area contributed by atoms with E-state index in [2.05, 4.69) is 45.7 Å². The fourth-order valence-electron chi connectivity index (χ4n) is 5.38. The maximum atomic E-state index is 12.3. The molecule has 9 nitrogen and oxygen atoms in total. The molecule has 3 aromatic rings. The fourth-order valence-corrected chi connectivity index (χ4v) is 5.38. The average Bonchev–Trinajstić information content (AvgIpc) is 3.47. The minimum absolute atomic E-state index is 0.0499. The molecule has 1 fully saturated rings. The zero-order valence-electron chi connectivity index (χ0n) is 25.6. The number of aromatic amines is 1. The van der Waals surface area contributed by atoms with Crippen molar-refractivity contribution in [3.63, 3.8) is 0 Å². The largest absolute Gasteiger partial charge is 0.493 e. The van der Waals surface area contributed by atoms with Crippen LogP contribution in [0.1, 0.15) is 42.7 Å². The highest BCUT2D eigenvalue weighted by Gasteiger charge is 2.22. The van der Waals surface area contributed by atoms with Gasteiger partial charge in [0.1, 0.15) is 0 Å². The van der Waals surface area contributed by atoms with Crippen LogP contribution in [0.2, 0.25) is 0 Å². The number of rotatable bonds is 17. The van der Waals surface area contributed by atoms with E-state index in [1.165, 1.54) is 35.4 Å². The van der Waals surface area contributed by atoms with E-state index >= 15 is 0 Å². The van der Waals surface area contributed by atoms with Crippen LogP contribution in [0.5, 0.6) is 17.2 Å². The van der Waals surface area contributed by atoms with Gasteiger partial charge in [-0.05, 0) is 80.6 Å². The molecule has 0 unspecified atom stereocenters. The van der Waals surface area contributed by atoms with Crippen LogP contribution in [0.3, 0.4) is 0 Å². The van der Waals surface area contributed by atoms with E-state index in [-0.39, 0.29) is 12.7 Å². The van der Waals surface area contributed by atoms with Crippen molar-refractivity contribution < 1.29 is 28.5 Å². The molecular weight excluding hydrogens is 546 g/mol. The summed E-state index contributed by atoms with van der Waals surface area (Å²) < 4.78 is 27.0. The molecule has 2 N–H and O–H groups in total. The Balaban J connectivity index is 1.12. The number of piperidine rings is 1. The third kappa shape index (κ3) is 9.61. The van der Waals surface area contributed by atoms with Crippen LogP contribution in [0.25, 0.3) is 17.0 Å². The van der Waals surface area contributed by atoms with E-state index in [0.29, 0.717) is 42.9 Å². The Kier molecular flexibility index (Phi) is 13.0. The van der Waals surface area contributed by atoms with Crippen molar-refractivity contribution in [1.29, 1.82) is 0 Å². The molecule has 1 saturated heterocycles. The van der Waals surface area contributed by atoms with Gasteiger partial charge in [0.2, 0.25) is 11.7 Å². The van der Waals surface area contributed by atoms with Gasteiger partial charge in [0.15, 0.2) is 18.3 Å². The highest BCUT2D eigenvalue weighted by molar-refractivity contribution is 5.87. The maximum Gasteiger partial charge on any atom is 0.243 e. The minimum Gasteiger partial charge on any atom is -0.493 e. The van der Waals surface area contributed by atoms with Gasteiger partial charge in [0.05, 0.1) is 27.4 Å². The Morgan fingerprint density at radius 2 is 1.79 bits per heavy atom. The van der Waals surface area contributed by atoms with Crippen molar-refractivity contribution in [1.82, 2.24) is 15.2 Å². The lowest BCUT2D eigenvalue weighted by molar-refractivity contribution is -0.116. The average molecular weight is 592 g/mol. The van der Waals surface area contributed by atoms with Crippen LogP contribution in [-0.4, -0.2) is 83.3 Å². The van der Waals surface area contributed by atoms with Crippen LogP contribution in [0.15, 0.2) is 60.8 Å². The number of nitrogens with one attached hydrogen (secondary N) is 2. The number of carbonyl (C=O) groups excluding carboxylic acids is 1. The Labute approximate surface area is 254 Å². The second-order valence-corrected chi connectivity index (χ2v) is 10.5. The predicted molar refractivity (Wildman–Crippen MR) is 170 cm³/mol. The molecule has 1 amide bonds. The number of likely N-dealkylation sites (tertiary alicyclic amines) is 1. The first-order valence-electron chi connectivity index (χ1n) is 15.0. The van der Waals surface area contributed by atoms with E-state index < -0.39 is 0 Å². The minimum atomic E-state index is -0.100. The first-order chi connectivity index (χ1) is 21.1. The predicted octanol–water partition coefficient (Wildman–Crippen LogP) is 5.53. The lowest BCUT2D eigenvalue weighted by Crippen LogP contribution is -2.34. The second-order valence-electron chi connectivity index (χ2n) is 10.5. The molecule has 2 aromatic carbocycles. The number of allylic oxidation sites excluding steroid dienone is 2. The number of benzene rings is 2. The molecule has 1 aliphatic heterocycles. The molecule has 0 bridgehead atoms. The topological polar surface area (TPSA) is 94.3 Å². The molecule has 4 rings (SSSR count). The zero-order valence-corrected chi connectivity index (χ0v) is 25.6. The molecule has 1 aromatic heterocycles. The highest BCUT2D eigenvalue weighted by Crippen LogP contribution is 2.39. The van der Waals surface area contributed by atoms with Gasteiger partial charge in [-0.3, -0.25) is 4.79 Å². The van der Waals surface area contributed by atoms with Gasteiger partial charge in [-0.1, -0.05) is 36.4 Å². The number of hydrogen-bond donors (Lipinski definition) is 2. The van der Waals surface area contributed by atoms with Crippen molar-refractivity contribution in [2.24, 2.45) is 0 Å². The van der Waals surface area contributed by atoms with Crippen LogP contribution >= 0.6 is 0 Å². The second kappa shape index (κ2) is 17.4. The summed E-state index contributed by atoms with van der Waals surface area (Å²) >= 11 is 0. The van der Waals surface area contributed by atoms with Gasteiger partial charge in [0.25, 0.3) is 0 Å². The molecule has 0 radical (unpaired) electrons. The molecule has 0 spiro atoms. The normalized spacial score (nSPS) is 14.6. The number of carbonyl (C=O) groups is 1. The van der Waals surface area contributed by atoms with Gasteiger partial charge in [-0.2, -0.15) is 0 Å². The van der Waals surface area contributed by atoms with Crippen molar-refractivity contribution in [2.45, 2.75) is 31.6 Å². The third-order valence-corrected chi connectivity index (χ3v) is 7.70. The fraction of sp³-hybridized carbons (Fsp3) is 0.441. The van der Waals surface area contributed by atoms with Gasteiger partial charge in [0, 0.05) is 36.8 Å². The molecule has 0 atom stereocenters. The summed E-state index contributed by atoms with van der Waals surface area (Å²) in [7, 11) is 4.75. The summed E-state index contributed by atoms with van der Waals surface area (Å²) in [6.07, 6.45) is 13.6. The van der Waals surface area contributed by atoms with Crippen molar-refractivity contribution >= 4 is 22.9 Å². The van der Waals surface area contributed by atoms with E-state index in [9.17, 15) is 4.79 Å². The maximum absolute atomic E-state index is 12.3. The summed E-state index contributed by atoms with van der Waals surface area (Å²) in [5, 5.41) is 4.34. The Bertz CT molecular complexity index is 1320. The molecular formula is C34H45N3O6. The monoisotopic (exact) mass is 591 g/mol. The first-order valence-corrected chi connectivity index (χ1v) is 15.0. The van der Waals surface area contributed by atoms with E-state index in [1.54, 1.807) is 27.4 Å². The van der Waals surface area contributed by atoms with Gasteiger partial charge < -0.3 is 38.9 Å². The number of aromatic nitrogens is 1. The van der Waals surface area contributed by atoms with Crippen LogP contribution in [0, 0.1) is 0 Å². The number of amides is 1.